The molecule has 0 aliphatic heterocycles. The van der Waals surface area contributed by atoms with Crippen LogP contribution in [0.5, 0.6) is 0 Å². The molecule has 0 aliphatic carbocycles. The standard InChI is InChI=1S/C14H15F3N2/c1-8(2)13-11(7-19(3)18-13)9-5-4-6-10(12(9)15)14(16)17/h4-8,14H,1-3H3. The second-order valence-corrected chi connectivity index (χ2v) is 4.77. The number of rotatable bonds is 3. The number of nitrogens with zero attached hydrogens (tertiary/aromatic N) is 2. The number of alkyl halides is 2. The summed E-state index contributed by atoms with van der Waals surface area (Å²) in [5.41, 5.74) is 0.871. The Labute approximate surface area is 109 Å². The van der Waals surface area contributed by atoms with Crippen LogP contribution in [0.1, 0.15) is 37.4 Å². The molecule has 2 aromatic rings. The van der Waals surface area contributed by atoms with E-state index < -0.39 is 17.8 Å². The largest absolute Gasteiger partial charge is 0.275 e. The maximum atomic E-state index is 14.1. The third kappa shape index (κ3) is 2.50. The monoisotopic (exact) mass is 268 g/mol. The molecule has 19 heavy (non-hydrogen) atoms. The summed E-state index contributed by atoms with van der Waals surface area (Å²) in [6.07, 6.45) is -1.16. The molecule has 102 valence electrons. The highest BCUT2D eigenvalue weighted by atomic mass is 19.3. The minimum absolute atomic E-state index is 0.0887. The molecule has 0 aliphatic rings. The van der Waals surface area contributed by atoms with Gasteiger partial charge in [-0.15, -0.1) is 0 Å². The Morgan fingerprint density at radius 1 is 1.16 bits per heavy atom. The molecule has 0 unspecified atom stereocenters. The van der Waals surface area contributed by atoms with Gasteiger partial charge in [0.05, 0.1) is 11.3 Å². The van der Waals surface area contributed by atoms with Crippen molar-refractivity contribution in [2.24, 2.45) is 7.05 Å². The number of aryl methyl sites for hydroxylation is 1. The number of hydrogen-bond acceptors (Lipinski definition) is 1. The van der Waals surface area contributed by atoms with Crippen LogP contribution in [0.3, 0.4) is 0 Å². The van der Waals surface area contributed by atoms with Gasteiger partial charge in [0.25, 0.3) is 6.43 Å². The van der Waals surface area contributed by atoms with Gasteiger partial charge in [-0.2, -0.15) is 5.10 Å². The van der Waals surface area contributed by atoms with Crippen molar-refractivity contribution in [3.63, 3.8) is 0 Å². The zero-order valence-electron chi connectivity index (χ0n) is 11.0. The molecule has 0 saturated carbocycles. The van der Waals surface area contributed by atoms with E-state index >= 15 is 0 Å². The molecule has 0 N–H and O–H groups in total. The molecule has 2 rings (SSSR count). The summed E-state index contributed by atoms with van der Waals surface area (Å²) in [6.45, 7) is 3.86. The maximum absolute atomic E-state index is 14.1. The lowest BCUT2D eigenvalue weighted by molar-refractivity contribution is 0.146. The predicted molar refractivity (Wildman–Crippen MR) is 67.6 cm³/mol. The van der Waals surface area contributed by atoms with Crippen molar-refractivity contribution in [3.05, 3.63) is 41.5 Å². The first-order valence-electron chi connectivity index (χ1n) is 6.02. The van der Waals surface area contributed by atoms with Crippen LogP contribution in [-0.2, 0) is 7.05 Å². The summed E-state index contributed by atoms with van der Waals surface area (Å²) < 4.78 is 41.2. The van der Waals surface area contributed by atoms with Crippen molar-refractivity contribution >= 4 is 0 Å². The first-order chi connectivity index (χ1) is 8.91. The Kier molecular flexibility index (Phi) is 3.64. The van der Waals surface area contributed by atoms with E-state index in [1.54, 1.807) is 17.9 Å². The molecule has 0 radical (unpaired) electrons. The average molecular weight is 268 g/mol. The molecular weight excluding hydrogens is 253 g/mol. The zero-order valence-corrected chi connectivity index (χ0v) is 11.0. The second-order valence-electron chi connectivity index (χ2n) is 4.77. The molecular formula is C14H15F3N2. The van der Waals surface area contributed by atoms with Gasteiger partial charge in [0, 0.05) is 24.4 Å². The lowest BCUT2D eigenvalue weighted by Gasteiger charge is -2.09. The van der Waals surface area contributed by atoms with Crippen molar-refractivity contribution < 1.29 is 13.2 Å². The fourth-order valence-corrected chi connectivity index (χ4v) is 2.07. The van der Waals surface area contributed by atoms with E-state index in [0.717, 1.165) is 6.07 Å². The van der Waals surface area contributed by atoms with Crippen LogP contribution < -0.4 is 0 Å². The summed E-state index contributed by atoms with van der Waals surface area (Å²) in [4.78, 5) is 0. The first-order valence-corrected chi connectivity index (χ1v) is 6.02. The lowest BCUT2D eigenvalue weighted by atomic mass is 9.98. The van der Waals surface area contributed by atoms with Gasteiger partial charge in [-0.1, -0.05) is 32.0 Å². The summed E-state index contributed by atoms with van der Waals surface area (Å²) in [6, 6.07) is 4.05. The fraction of sp³-hybridized carbons (Fsp3) is 0.357. The van der Waals surface area contributed by atoms with Crippen LogP contribution in [0.25, 0.3) is 11.1 Å². The fourth-order valence-electron chi connectivity index (χ4n) is 2.07. The Morgan fingerprint density at radius 2 is 1.84 bits per heavy atom. The predicted octanol–water partition coefficient (Wildman–Crippen LogP) is 4.29. The Hall–Kier alpha value is -1.78. The second kappa shape index (κ2) is 5.07. The van der Waals surface area contributed by atoms with Gasteiger partial charge in [-0.3, -0.25) is 4.68 Å². The van der Waals surface area contributed by atoms with Crippen molar-refractivity contribution in [3.8, 4) is 11.1 Å². The molecule has 0 atom stereocenters. The summed E-state index contributed by atoms with van der Waals surface area (Å²) in [5, 5.41) is 4.26. The molecule has 1 aromatic heterocycles. The van der Waals surface area contributed by atoms with Crippen LogP contribution in [0, 0.1) is 5.82 Å². The smallest absolute Gasteiger partial charge is 0.266 e. The quantitative estimate of drug-likeness (QED) is 0.812. The van der Waals surface area contributed by atoms with Crippen LogP contribution in [0.2, 0.25) is 0 Å². The van der Waals surface area contributed by atoms with Crippen LogP contribution in [-0.4, -0.2) is 9.78 Å². The van der Waals surface area contributed by atoms with Gasteiger partial charge in [0.15, 0.2) is 0 Å². The van der Waals surface area contributed by atoms with Crippen LogP contribution >= 0.6 is 0 Å². The molecule has 0 amide bonds. The van der Waals surface area contributed by atoms with Gasteiger partial charge in [0.2, 0.25) is 0 Å². The number of aromatic nitrogens is 2. The average Bonchev–Trinajstić information content (AvgIpc) is 2.71. The Morgan fingerprint density at radius 3 is 2.42 bits per heavy atom. The van der Waals surface area contributed by atoms with Crippen molar-refractivity contribution in [1.29, 1.82) is 0 Å². The molecule has 0 saturated heterocycles. The maximum Gasteiger partial charge on any atom is 0.266 e. The Bertz CT molecular complexity index is 588. The van der Waals surface area contributed by atoms with Crippen LogP contribution in [0.4, 0.5) is 13.2 Å². The van der Waals surface area contributed by atoms with E-state index in [2.05, 4.69) is 5.10 Å². The van der Waals surface area contributed by atoms with Gasteiger partial charge >= 0.3 is 0 Å². The highest BCUT2D eigenvalue weighted by Gasteiger charge is 2.21. The van der Waals surface area contributed by atoms with Gasteiger partial charge in [-0.05, 0) is 5.92 Å². The number of hydrogen-bond donors (Lipinski definition) is 0. The number of benzene rings is 1. The van der Waals surface area contributed by atoms with E-state index in [0.29, 0.717) is 11.3 Å². The molecule has 0 bridgehead atoms. The molecule has 2 nitrogen and oxygen atoms in total. The number of halogens is 3. The van der Waals surface area contributed by atoms with Gasteiger partial charge in [-0.25, -0.2) is 13.2 Å². The topological polar surface area (TPSA) is 17.8 Å². The summed E-state index contributed by atoms with van der Waals surface area (Å²) in [5.74, 6) is -0.779. The Balaban J connectivity index is 2.62. The van der Waals surface area contributed by atoms with E-state index in [1.807, 2.05) is 13.8 Å². The summed E-state index contributed by atoms with van der Waals surface area (Å²) >= 11 is 0. The van der Waals surface area contributed by atoms with E-state index in [4.69, 9.17) is 0 Å². The lowest BCUT2D eigenvalue weighted by Crippen LogP contribution is -1.97. The van der Waals surface area contributed by atoms with E-state index in [9.17, 15) is 13.2 Å². The third-order valence-corrected chi connectivity index (χ3v) is 2.96. The van der Waals surface area contributed by atoms with Crippen LogP contribution in [0.15, 0.2) is 24.4 Å². The highest BCUT2D eigenvalue weighted by Crippen LogP contribution is 2.33. The SMILES string of the molecule is CC(C)c1nn(C)cc1-c1cccc(C(F)F)c1F. The van der Waals surface area contributed by atoms with Gasteiger partial charge in [0.1, 0.15) is 5.82 Å². The van der Waals surface area contributed by atoms with E-state index in [1.165, 1.54) is 12.1 Å². The van der Waals surface area contributed by atoms with Gasteiger partial charge < -0.3 is 0 Å². The first kappa shape index (κ1) is 13.6. The zero-order chi connectivity index (χ0) is 14.2. The normalized spacial score (nSPS) is 11.6. The molecule has 0 fully saturated rings. The van der Waals surface area contributed by atoms with Crippen molar-refractivity contribution in [2.75, 3.05) is 0 Å². The van der Waals surface area contributed by atoms with Crippen molar-refractivity contribution in [2.45, 2.75) is 26.2 Å². The molecule has 1 aromatic carbocycles. The third-order valence-electron chi connectivity index (χ3n) is 2.96. The minimum Gasteiger partial charge on any atom is -0.275 e. The molecule has 5 heteroatoms. The minimum atomic E-state index is -2.82. The van der Waals surface area contributed by atoms with Crippen molar-refractivity contribution in [1.82, 2.24) is 9.78 Å². The van der Waals surface area contributed by atoms with E-state index in [-0.39, 0.29) is 11.5 Å². The highest BCUT2D eigenvalue weighted by molar-refractivity contribution is 5.67. The molecule has 1 heterocycles. The molecule has 0 spiro atoms. The summed E-state index contributed by atoms with van der Waals surface area (Å²) in [7, 11) is 1.73.